The molecular weight excluding hydrogens is 344 g/mol. The molecule has 26 heavy (non-hydrogen) atoms. The molecule has 140 valence electrons. The van der Waals surface area contributed by atoms with E-state index in [1.807, 2.05) is 12.1 Å². The highest BCUT2D eigenvalue weighted by atomic mass is 32.2. The van der Waals surface area contributed by atoms with Crippen molar-refractivity contribution in [1.82, 2.24) is 10.2 Å². The Morgan fingerprint density at radius 3 is 3.08 bits per heavy atom. The summed E-state index contributed by atoms with van der Waals surface area (Å²) >= 11 is 1.78. The highest BCUT2D eigenvalue weighted by Gasteiger charge is 2.25. The smallest absolute Gasteiger partial charge is 0.224 e. The number of piperidine rings is 1. The van der Waals surface area contributed by atoms with Crippen LogP contribution in [-0.2, 0) is 17.1 Å². The summed E-state index contributed by atoms with van der Waals surface area (Å²) in [6, 6.07) is 12.5. The van der Waals surface area contributed by atoms with Crippen LogP contribution in [0.2, 0.25) is 0 Å². The highest BCUT2D eigenvalue weighted by molar-refractivity contribution is 7.98. The molecule has 0 bridgehead atoms. The Morgan fingerprint density at radius 1 is 1.35 bits per heavy atom. The number of hydrogen-bond donors (Lipinski definition) is 1. The fraction of sp³-hybridized carbons (Fsp3) is 0.476. The number of thioether (sulfide) groups is 1. The van der Waals surface area contributed by atoms with Crippen LogP contribution in [0.1, 0.15) is 29.7 Å². The lowest BCUT2D eigenvalue weighted by molar-refractivity contribution is -0.126. The van der Waals surface area contributed by atoms with E-state index in [2.05, 4.69) is 41.4 Å². The average Bonchev–Trinajstić information content (AvgIpc) is 3.15. The van der Waals surface area contributed by atoms with Gasteiger partial charge in [0.15, 0.2) is 0 Å². The summed E-state index contributed by atoms with van der Waals surface area (Å²) in [5.41, 5.74) is 2.63. The van der Waals surface area contributed by atoms with Gasteiger partial charge in [-0.2, -0.15) is 11.8 Å². The molecule has 1 saturated heterocycles. The van der Waals surface area contributed by atoms with Crippen molar-refractivity contribution in [3.05, 3.63) is 59.5 Å². The van der Waals surface area contributed by atoms with E-state index in [0.717, 1.165) is 56.3 Å². The van der Waals surface area contributed by atoms with Crippen molar-refractivity contribution in [3.8, 4) is 0 Å². The van der Waals surface area contributed by atoms with E-state index in [-0.39, 0.29) is 11.8 Å². The van der Waals surface area contributed by atoms with Gasteiger partial charge in [0.1, 0.15) is 5.76 Å². The van der Waals surface area contributed by atoms with Crippen molar-refractivity contribution in [2.24, 2.45) is 5.92 Å². The van der Waals surface area contributed by atoms with Gasteiger partial charge in [-0.1, -0.05) is 29.8 Å². The maximum absolute atomic E-state index is 12.5. The fourth-order valence-corrected chi connectivity index (χ4v) is 4.20. The first-order valence-corrected chi connectivity index (χ1v) is 10.5. The molecule has 2 heterocycles. The molecule has 1 aliphatic rings. The summed E-state index contributed by atoms with van der Waals surface area (Å²) in [5.74, 6) is 3.07. The first kappa shape index (κ1) is 19.1. The van der Waals surface area contributed by atoms with E-state index >= 15 is 0 Å². The number of nitrogens with zero attached hydrogens (tertiary/aromatic N) is 1. The lowest BCUT2D eigenvalue weighted by Gasteiger charge is -2.32. The third-order valence-electron chi connectivity index (χ3n) is 4.74. The molecule has 0 saturated carbocycles. The van der Waals surface area contributed by atoms with Gasteiger partial charge in [-0.05, 0) is 44.0 Å². The van der Waals surface area contributed by atoms with E-state index < -0.39 is 0 Å². The van der Waals surface area contributed by atoms with Gasteiger partial charge in [0, 0.05) is 25.4 Å². The third-order valence-corrected chi connectivity index (χ3v) is 5.72. The van der Waals surface area contributed by atoms with Crippen molar-refractivity contribution < 1.29 is 9.21 Å². The SMILES string of the molecule is Cc1cccc(CN2CCCC(C(=O)NCCSCc3ccco3)C2)c1. The summed E-state index contributed by atoms with van der Waals surface area (Å²) < 4.78 is 5.31. The molecule has 0 radical (unpaired) electrons. The maximum Gasteiger partial charge on any atom is 0.224 e. The largest absolute Gasteiger partial charge is 0.468 e. The number of rotatable bonds is 8. The lowest BCUT2D eigenvalue weighted by Crippen LogP contribution is -2.43. The molecule has 2 aromatic rings. The number of nitrogens with one attached hydrogen (secondary N) is 1. The van der Waals surface area contributed by atoms with E-state index in [1.54, 1.807) is 18.0 Å². The van der Waals surface area contributed by atoms with Crippen LogP contribution in [0.15, 0.2) is 47.1 Å². The van der Waals surface area contributed by atoms with Gasteiger partial charge in [0.05, 0.1) is 17.9 Å². The van der Waals surface area contributed by atoms with Gasteiger partial charge in [-0.25, -0.2) is 0 Å². The molecule has 1 aliphatic heterocycles. The topological polar surface area (TPSA) is 45.5 Å². The summed E-state index contributed by atoms with van der Waals surface area (Å²) in [5, 5.41) is 3.11. The molecule has 5 heteroatoms. The zero-order chi connectivity index (χ0) is 18.2. The quantitative estimate of drug-likeness (QED) is 0.715. The van der Waals surface area contributed by atoms with Gasteiger partial charge < -0.3 is 9.73 Å². The van der Waals surface area contributed by atoms with Crippen LogP contribution in [0.25, 0.3) is 0 Å². The molecule has 1 unspecified atom stereocenters. The number of amides is 1. The van der Waals surface area contributed by atoms with Gasteiger partial charge in [-0.15, -0.1) is 0 Å². The first-order valence-electron chi connectivity index (χ1n) is 9.36. The zero-order valence-corrected chi connectivity index (χ0v) is 16.3. The predicted octanol–water partition coefficient (Wildman–Crippen LogP) is 3.85. The van der Waals surface area contributed by atoms with Crippen molar-refractivity contribution in [3.63, 3.8) is 0 Å². The number of aryl methyl sites for hydroxylation is 1. The molecule has 1 N–H and O–H groups in total. The minimum Gasteiger partial charge on any atom is -0.468 e. The highest BCUT2D eigenvalue weighted by Crippen LogP contribution is 2.19. The summed E-state index contributed by atoms with van der Waals surface area (Å²) in [6.07, 6.45) is 3.79. The van der Waals surface area contributed by atoms with Crippen molar-refractivity contribution in [1.29, 1.82) is 0 Å². The van der Waals surface area contributed by atoms with Crippen molar-refractivity contribution in [2.75, 3.05) is 25.4 Å². The number of hydrogen-bond acceptors (Lipinski definition) is 4. The molecule has 3 rings (SSSR count). The van der Waals surface area contributed by atoms with Crippen LogP contribution in [0.4, 0.5) is 0 Å². The Balaban J connectivity index is 1.37. The number of likely N-dealkylation sites (tertiary alicyclic amines) is 1. The number of carbonyl (C=O) groups excluding carboxylic acids is 1. The van der Waals surface area contributed by atoms with E-state index in [4.69, 9.17) is 4.42 Å². The van der Waals surface area contributed by atoms with Gasteiger partial charge in [0.25, 0.3) is 0 Å². The normalized spacial score (nSPS) is 18.0. The van der Waals surface area contributed by atoms with Crippen molar-refractivity contribution >= 4 is 17.7 Å². The second-order valence-corrected chi connectivity index (χ2v) is 8.09. The Kier molecular flexibility index (Phi) is 7.21. The van der Waals surface area contributed by atoms with Crippen molar-refractivity contribution in [2.45, 2.75) is 32.1 Å². The second kappa shape index (κ2) is 9.83. The van der Waals surface area contributed by atoms with Crippen LogP contribution in [0.3, 0.4) is 0 Å². The molecule has 1 amide bonds. The number of carbonyl (C=O) groups is 1. The molecule has 1 aromatic heterocycles. The van der Waals surface area contributed by atoms with E-state index in [9.17, 15) is 4.79 Å². The third kappa shape index (κ3) is 5.92. The van der Waals surface area contributed by atoms with Gasteiger partial charge >= 0.3 is 0 Å². The Hall–Kier alpha value is -1.72. The van der Waals surface area contributed by atoms with Gasteiger partial charge in [0.2, 0.25) is 5.91 Å². The minimum absolute atomic E-state index is 0.114. The average molecular weight is 373 g/mol. The van der Waals surface area contributed by atoms with Crippen LogP contribution in [-0.4, -0.2) is 36.2 Å². The summed E-state index contributed by atoms with van der Waals surface area (Å²) in [4.78, 5) is 14.9. The predicted molar refractivity (Wildman–Crippen MR) is 107 cm³/mol. The van der Waals surface area contributed by atoms with Crippen LogP contribution in [0, 0.1) is 12.8 Å². The molecule has 1 aromatic carbocycles. The standard InChI is InChI=1S/C21H28N2O2S/c1-17-5-2-6-18(13-17)14-23-10-3-7-19(15-23)21(24)22-9-12-26-16-20-8-4-11-25-20/h2,4-6,8,11,13,19H,3,7,9-10,12,14-16H2,1H3,(H,22,24). The lowest BCUT2D eigenvalue weighted by atomic mass is 9.96. The monoisotopic (exact) mass is 372 g/mol. The maximum atomic E-state index is 12.5. The zero-order valence-electron chi connectivity index (χ0n) is 15.4. The van der Waals surface area contributed by atoms with Crippen LogP contribution >= 0.6 is 11.8 Å². The Morgan fingerprint density at radius 2 is 2.27 bits per heavy atom. The molecule has 0 aliphatic carbocycles. The fourth-order valence-electron chi connectivity index (χ4n) is 3.44. The minimum atomic E-state index is 0.114. The van der Waals surface area contributed by atoms with E-state index in [1.165, 1.54) is 11.1 Å². The molecule has 0 spiro atoms. The Bertz CT molecular complexity index is 687. The van der Waals surface area contributed by atoms with Crippen LogP contribution in [0.5, 0.6) is 0 Å². The molecule has 1 fully saturated rings. The molecule has 4 nitrogen and oxygen atoms in total. The number of benzene rings is 1. The summed E-state index contributed by atoms with van der Waals surface area (Å²) in [6.45, 7) is 5.72. The molecule has 1 atom stereocenters. The summed E-state index contributed by atoms with van der Waals surface area (Å²) in [7, 11) is 0. The number of furan rings is 1. The Labute approximate surface area is 160 Å². The van der Waals surface area contributed by atoms with Gasteiger partial charge in [-0.3, -0.25) is 9.69 Å². The second-order valence-electron chi connectivity index (χ2n) is 6.99. The van der Waals surface area contributed by atoms with E-state index in [0.29, 0.717) is 0 Å². The molecular formula is C21H28N2O2S. The van der Waals surface area contributed by atoms with Crippen LogP contribution < -0.4 is 5.32 Å². The first-order chi connectivity index (χ1) is 12.7.